The summed E-state index contributed by atoms with van der Waals surface area (Å²) in [5, 5.41) is 7.57. The van der Waals surface area contributed by atoms with Crippen molar-refractivity contribution in [3.8, 4) is 0 Å². The van der Waals surface area contributed by atoms with Crippen molar-refractivity contribution in [2.45, 2.75) is 77.4 Å². The number of allylic oxidation sites excluding steroid dienone is 3. The summed E-state index contributed by atoms with van der Waals surface area (Å²) in [6, 6.07) is 0. The number of hydrogen-bond donors (Lipinski definition) is 2. The Labute approximate surface area is 155 Å². The molecule has 5 nitrogen and oxygen atoms in total. The minimum Gasteiger partial charge on any atom is -0.397 e. The minimum absolute atomic E-state index is 0. The van der Waals surface area contributed by atoms with Crippen molar-refractivity contribution < 1.29 is 17.7 Å². The average molecular weight is 378 g/mol. The van der Waals surface area contributed by atoms with Crippen LogP contribution in [0.25, 0.3) is 0 Å². The zero-order chi connectivity index (χ0) is 18.5. The largest absolute Gasteiger partial charge is 0.397 e. The lowest BCUT2D eigenvalue weighted by Gasteiger charge is -2.31. The third kappa shape index (κ3) is 9.54. The van der Waals surface area contributed by atoms with E-state index in [0.717, 1.165) is 12.8 Å². The Bertz CT molecular complexity index is 474. The van der Waals surface area contributed by atoms with Gasteiger partial charge in [-0.2, -0.15) is 8.42 Å². The van der Waals surface area contributed by atoms with Crippen molar-refractivity contribution in [2.24, 2.45) is 5.92 Å². The lowest BCUT2D eigenvalue weighted by Crippen LogP contribution is -2.41. The third-order valence-electron chi connectivity index (χ3n) is 4.37. The van der Waals surface area contributed by atoms with Crippen molar-refractivity contribution in [1.29, 1.82) is 0 Å². The lowest BCUT2D eigenvalue weighted by molar-refractivity contribution is 0.288. The van der Waals surface area contributed by atoms with Gasteiger partial charge in [0.05, 0.1) is 6.61 Å². The molecule has 0 amide bonds. The molecule has 0 aromatic carbocycles. The number of aliphatic hydroxyl groups is 1. The third-order valence-corrected chi connectivity index (χ3v) is 6.43. The molecule has 0 heterocycles. The van der Waals surface area contributed by atoms with Crippen LogP contribution in [0.4, 0.5) is 0 Å². The van der Waals surface area contributed by atoms with Crippen LogP contribution in [0.2, 0.25) is 0 Å². The Hall–Kier alpha value is -0.690. The molecule has 0 aromatic rings. The SMILES string of the molecule is CCCCCCCCCOS(=O)(=O)C1(C)C=CC=CC1C.CCO.N. The molecule has 1 aliphatic rings. The highest BCUT2D eigenvalue weighted by molar-refractivity contribution is 7.88. The van der Waals surface area contributed by atoms with Gasteiger partial charge in [-0.15, -0.1) is 0 Å². The molecule has 0 bridgehead atoms. The first-order valence-electron chi connectivity index (χ1n) is 9.21. The topological polar surface area (TPSA) is 98.6 Å². The summed E-state index contributed by atoms with van der Waals surface area (Å²) >= 11 is 0. The van der Waals surface area contributed by atoms with Crippen LogP contribution in [0.1, 0.15) is 72.6 Å². The van der Waals surface area contributed by atoms with E-state index in [1.807, 2.05) is 19.1 Å². The van der Waals surface area contributed by atoms with E-state index < -0.39 is 14.9 Å². The van der Waals surface area contributed by atoms with Crippen LogP contribution < -0.4 is 6.15 Å². The smallest absolute Gasteiger partial charge is 0.277 e. The van der Waals surface area contributed by atoms with E-state index in [-0.39, 0.29) is 18.7 Å². The van der Waals surface area contributed by atoms with Gasteiger partial charge in [0.1, 0.15) is 4.75 Å². The zero-order valence-electron chi connectivity index (χ0n) is 16.5. The Morgan fingerprint density at radius 3 is 2.08 bits per heavy atom. The van der Waals surface area contributed by atoms with E-state index >= 15 is 0 Å². The molecule has 1 rings (SSSR count). The zero-order valence-corrected chi connectivity index (χ0v) is 17.4. The van der Waals surface area contributed by atoms with E-state index in [9.17, 15) is 8.42 Å². The maximum atomic E-state index is 12.4. The van der Waals surface area contributed by atoms with Crippen molar-refractivity contribution in [2.75, 3.05) is 13.2 Å². The Balaban J connectivity index is 0. The molecule has 0 aliphatic heterocycles. The Morgan fingerprint density at radius 1 is 1.04 bits per heavy atom. The van der Waals surface area contributed by atoms with Crippen LogP contribution >= 0.6 is 0 Å². The van der Waals surface area contributed by atoms with Gasteiger partial charge in [-0.3, -0.25) is 4.18 Å². The molecule has 0 radical (unpaired) electrons. The fourth-order valence-electron chi connectivity index (χ4n) is 2.49. The van der Waals surface area contributed by atoms with Gasteiger partial charge in [-0.1, -0.05) is 76.7 Å². The van der Waals surface area contributed by atoms with Crippen molar-refractivity contribution >= 4 is 10.1 Å². The molecule has 150 valence electrons. The normalized spacial score (nSPS) is 22.0. The lowest BCUT2D eigenvalue weighted by atomic mass is 9.91. The van der Waals surface area contributed by atoms with Gasteiger partial charge in [0, 0.05) is 6.61 Å². The second-order valence-corrected chi connectivity index (χ2v) is 8.45. The first-order valence-corrected chi connectivity index (χ1v) is 10.6. The summed E-state index contributed by atoms with van der Waals surface area (Å²) in [6.45, 7) is 8.08. The molecule has 0 fully saturated rings. The fraction of sp³-hybridized carbons (Fsp3) is 0.789. The second kappa shape index (κ2) is 14.5. The monoisotopic (exact) mass is 377 g/mol. The summed E-state index contributed by atoms with van der Waals surface area (Å²) in [7, 11) is -3.57. The van der Waals surface area contributed by atoms with Crippen LogP contribution in [0.15, 0.2) is 24.3 Å². The molecule has 4 N–H and O–H groups in total. The predicted molar refractivity (Wildman–Crippen MR) is 106 cm³/mol. The number of unbranched alkanes of at least 4 members (excludes halogenated alkanes) is 6. The highest BCUT2D eigenvalue weighted by atomic mass is 32.2. The van der Waals surface area contributed by atoms with E-state index in [4.69, 9.17) is 9.29 Å². The summed E-state index contributed by atoms with van der Waals surface area (Å²) < 4.78 is 29.1. The van der Waals surface area contributed by atoms with Gasteiger partial charge in [0.15, 0.2) is 0 Å². The molecule has 25 heavy (non-hydrogen) atoms. The van der Waals surface area contributed by atoms with Gasteiger partial charge in [0.25, 0.3) is 10.1 Å². The van der Waals surface area contributed by atoms with Crippen molar-refractivity contribution in [1.82, 2.24) is 6.15 Å². The molecule has 6 heteroatoms. The Kier molecular flexibility index (Phi) is 15.4. The van der Waals surface area contributed by atoms with Crippen molar-refractivity contribution in [3.05, 3.63) is 24.3 Å². The second-order valence-electron chi connectivity index (χ2n) is 6.43. The quantitative estimate of drug-likeness (QED) is 0.422. The number of aliphatic hydroxyl groups excluding tert-OH is 1. The van der Waals surface area contributed by atoms with Gasteiger partial charge in [-0.25, -0.2) is 0 Å². The number of hydrogen-bond acceptors (Lipinski definition) is 5. The summed E-state index contributed by atoms with van der Waals surface area (Å²) in [4.78, 5) is 0. The molecule has 2 unspecified atom stereocenters. The van der Waals surface area contributed by atoms with Crippen molar-refractivity contribution in [3.63, 3.8) is 0 Å². The summed E-state index contributed by atoms with van der Waals surface area (Å²) in [6.07, 6.45) is 15.4. The van der Waals surface area contributed by atoms with Gasteiger partial charge in [-0.05, 0) is 26.2 Å². The molecule has 0 aromatic heterocycles. The summed E-state index contributed by atoms with van der Waals surface area (Å²) in [5.74, 6) is -0.0680. The summed E-state index contributed by atoms with van der Waals surface area (Å²) in [5.41, 5.74) is 0. The molecule has 0 saturated heterocycles. The van der Waals surface area contributed by atoms with Crippen LogP contribution in [0.3, 0.4) is 0 Å². The first kappa shape index (κ1) is 26.5. The van der Waals surface area contributed by atoms with Crippen LogP contribution in [-0.2, 0) is 14.3 Å². The molecular formula is C19H39NO4S. The minimum atomic E-state index is -3.57. The molecule has 0 saturated carbocycles. The van der Waals surface area contributed by atoms with Gasteiger partial charge in [0.2, 0.25) is 0 Å². The van der Waals surface area contributed by atoms with Crippen LogP contribution in [-0.4, -0.2) is 31.5 Å². The molecular weight excluding hydrogens is 338 g/mol. The highest BCUT2D eigenvalue weighted by Gasteiger charge is 2.42. The predicted octanol–water partition coefficient (Wildman–Crippen LogP) is 4.76. The first-order chi connectivity index (χ1) is 11.4. The molecule has 1 aliphatic carbocycles. The number of rotatable bonds is 10. The average Bonchev–Trinajstić information content (AvgIpc) is 2.53. The van der Waals surface area contributed by atoms with E-state index in [0.29, 0.717) is 6.61 Å². The van der Waals surface area contributed by atoms with E-state index in [2.05, 4.69) is 6.92 Å². The fourth-order valence-corrected chi connectivity index (χ4v) is 3.86. The van der Waals surface area contributed by atoms with Gasteiger partial charge < -0.3 is 11.3 Å². The molecule has 2 atom stereocenters. The Morgan fingerprint density at radius 2 is 1.56 bits per heavy atom. The van der Waals surface area contributed by atoms with Gasteiger partial charge >= 0.3 is 0 Å². The molecule has 0 spiro atoms. The maximum Gasteiger partial charge on any atom is 0.277 e. The van der Waals surface area contributed by atoms with Crippen LogP contribution in [0.5, 0.6) is 0 Å². The standard InChI is InChI=1S/C17H30O3S.C2H6O.H3N/c1-4-5-6-7-8-9-12-15-20-21(18,19)17(3)14-11-10-13-16(17)2;1-2-3;/h10-11,13-14,16H,4-9,12,15H2,1-3H3;3H,2H2,1H3;1H3. The van der Waals surface area contributed by atoms with Crippen LogP contribution in [0, 0.1) is 5.92 Å². The van der Waals surface area contributed by atoms with E-state index in [1.165, 1.54) is 32.1 Å². The highest BCUT2D eigenvalue weighted by Crippen LogP contribution is 2.33. The van der Waals surface area contributed by atoms with E-state index in [1.54, 1.807) is 26.0 Å². The maximum absolute atomic E-state index is 12.4.